The topological polar surface area (TPSA) is 55.4 Å². The van der Waals surface area contributed by atoms with E-state index in [4.69, 9.17) is 4.74 Å². The third-order valence-corrected chi connectivity index (χ3v) is 3.93. The Morgan fingerprint density at radius 2 is 2.37 bits per heavy atom. The van der Waals surface area contributed by atoms with E-state index < -0.39 is 5.41 Å². The standard InChI is InChI=1S/C15H21NO3/c1-2-19-13(17)11-15(8-4-3-5-9-15)12-7-6-10-16-14(12)18/h3-5,8,12H,2,6-7,9-11H2,1H3,(H,16,18)/t12-,15+/m1/s1. The van der Waals surface area contributed by atoms with Gasteiger partial charge in [-0.2, -0.15) is 0 Å². The van der Waals surface area contributed by atoms with Crippen LogP contribution in [0.1, 0.15) is 32.6 Å². The van der Waals surface area contributed by atoms with Crippen molar-refractivity contribution in [3.8, 4) is 0 Å². The normalized spacial score (nSPS) is 29.9. The number of hydrogen-bond acceptors (Lipinski definition) is 3. The van der Waals surface area contributed by atoms with Gasteiger partial charge in [-0.05, 0) is 26.2 Å². The number of hydrogen-bond donors (Lipinski definition) is 1. The molecule has 2 rings (SSSR count). The van der Waals surface area contributed by atoms with Gasteiger partial charge in [0.2, 0.25) is 5.91 Å². The van der Waals surface area contributed by atoms with Crippen LogP contribution < -0.4 is 5.32 Å². The summed E-state index contributed by atoms with van der Waals surface area (Å²) in [6, 6.07) is 0. The van der Waals surface area contributed by atoms with Crippen LogP contribution in [-0.2, 0) is 14.3 Å². The molecule has 1 saturated heterocycles. The number of allylic oxidation sites excluding steroid dienone is 4. The lowest BCUT2D eigenvalue weighted by Crippen LogP contribution is -2.46. The van der Waals surface area contributed by atoms with Gasteiger partial charge in [-0.15, -0.1) is 0 Å². The molecule has 2 aliphatic rings. The number of amides is 1. The van der Waals surface area contributed by atoms with Gasteiger partial charge in [0, 0.05) is 17.9 Å². The van der Waals surface area contributed by atoms with Gasteiger partial charge in [0.25, 0.3) is 0 Å². The van der Waals surface area contributed by atoms with Crippen LogP contribution in [0.5, 0.6) is 0 Å². The SMILES string of the molecule is CCOC(=O)C[C@]1([C@@H]2CCCNC2=O)C=CC=CC1. The Balaban J connectivity index is 2.19. The Morgan fingerprint density at radius 1 is 1.53 bits per heavy atom. The van der Waals surface area contributed by atoms with Crippen LogP contribution in [0.2, 0.25) is 0 Å². The first-order valence-electron chi connectivity index (χ1n) is 6.95. The van der Waals surface area contributed by atoms with Crippen LogP contribution in [0.25, 0.3) is 0 Å². The number of rotatable bonds is 4. The molecule has 4 heteroatoms. The van der Waals surface area contributed by atoms with Crippen molar-refractivity contribution in [2.24, 2.45) is 11.3 Å². The van der Waals surface area contributed by atoms with Gasteiger partial charge in [-0.1, -0.05) is 24.3 Å². The maximum atomic E-state index is 12.1. The lowest BCUT2D eigenvalue weighted by Gasteiger charge is -2.39. The molecule has 2 atom stereocenters. The van der Waals surface area contributed by atoms with Crippen LogP contribution in [-0.4, -0.2) is 25.0 Å². The minimum atomic E-state index is -0.411. The van der Waals surface area contributed by atoms with Gasteiger partial charge in [-0.3, -0.25) is 9.59 Å². The fourth-order valence-corrected chi connectivity index (χ4v) is 3.00. The van der Waals surface area contributed by atoms with Gasteiger partial charge in [-0.25, -0.2) is 0 Å². The summed E-state index contributed by atoms with van der Waals surface area (Å²) in [5.74, 6) is -0.289. The van der Waals surface area contributed by atoms with Crippen molar-refractivity contribution in [2.75, 3.05) is 13.2 Å². The second kappa shape index (κ2) is 6.04. The van der Waals surface area contributed by atoms with Crippen molar-refractivity contribution in [2.45, 2.75) is 32.6 Å². The van der Waals surface area contributed by atoms with Crippen molar-refractivity contribution in [1.29, 1.82) is 0 Å². The molecule has 0 saturated carbocycles. The molecule has 0 aromatic heterocycles. The summed E-state index contributed by atoms with van der Waals surface area (Å²) in [7, 11) is 0. The van der Waals surface area contributed by atoms with Crippen molar-refractivity contribution in [3.05, 3.63) is 24.3 Å². The maximum absolute atomic E-state index is 12.1. The number of carbonyl (C=O) groups is 2. The molecule has 0 aromatic rings. The lowest BCUT2D eigenvalue weighted by atomic mass is 9.66. The van der Waals surface area contributed by atoms with Crippen molar-refractivity contribution < 1.29 is 14.3 Å². The van der Waals surface area contributed by atoms with Crippen LogP contribution in [0, 0.1) is 11.3 Å². The Labute approximate surface area is 113 Å². The van der Waals surface area contributed by atoms with E-state index in [0.717, 1.165) is 25.8 Å². The largest absolute Gasteiger partial charge is 0.466 e. The fraction of sp³-hybridized carbons (Fsp3) is 0.600. The number of piperidine rings is 1. The molecule has 0 unspecified atom stereocenters. The van der Waals surface area contributed by atoms with E-state index in [0.29, 0.717) is 6.61 Å². The van der Waals surface area contributed by atoms with Crippen LogP contribution in [0.3, 0.4) is 0 Å². The zero-order valence-corrected chi connectivity index (χ0v) is 11.4. The molecular formula is C15H21NO3. The van der Waals surface area contributed by atoms with E-state index in [1.165, 1.54) is 0 Å². The summed E-state index contributed by atoms with van der Waals surface area (Å²) in [6.45, 7) is 2.92. The quantitative estimate of drug-likeness (QED) is 0.789. The zero-order valence-electron chi connectivity index (χ0n) is 11.4. The molecule has 1 N–H and O–H groups in total. The monoisotopic (exact) mass is 263 g/mol. The third kappa shape index (κ3) is 3.06. The van der Waals surface area contributed by atoms with E-state index in [2.05, 4.69) is 5.32 Å². The first-order chi connectivity index (χ1) is 9.18. The molecule has 0 aromatic carbocycles. The summed E-state index contributed by atoms with van der Waals surface area (Å²) in [6.07, 6.45) is 10.7. The highest BCUT2D eigenvalue weighted by Crippen LogP contribution is 2.43. The van der Waals surface area contributed by atoms with Gasteiger partial charge in [0.15, 0.2) is 0 Å². The smallest absolute Gasteiger partial charge is 0.306 e. The fourth-order valence-electron chi connectivity index (χ4n) is 3.00. The molecular weight excluding hydrogens is 242 g/mol. The second-order valence-electron chi connectivity index (χ2n) is 5.19. The minimum absolute atomic E-state index is 0.0653. The highest BCUT2D eigenvalue weighted by Gasteiger charge is 2.43. The van der Waals surface area contributed by atoms with Crippen molar-refractivity contribution >= 4 is 11.9 Å². The molecule has 4 nitrogen and oxygen atoms in total. The number of esters is 1. The first-order valence-corrected chi connectivity index (χ1v) is 6.95. The molecule has 1 heterocycles. The molecule has 104 valence electrons. The maximum Gasteiger partial charge on any atom is 0.306 e. The molecule has 1 aliphatic heterocycles. The predicted molar refractivity (Wildman–Crippen MR) is 72.3 cm³/mol. The Morgan fingerprint density at radius 3 is 3.00 bits per heavy atom. The summed E-state index contributed by atoms with van der Waals surface area (Å²) in [5, 5.41) is 2.91. The molecule has 0 bridgehead atoms. The third-order valence-electron chi connectivity index (χ3n) is 3.93. The van der Waals surface area contributed by atoms with Crippen molar-refractivity contribution in [3.63, 3.8) is 0 Å². The average molecular weight is 263 g/mol. The average Bonchev–Trinajstić information content (AvgIpc) is 2.40. The van der Waals surface area contributed by atoms with Gasteiger partial charge in [0.1, 0.15) is 0 Å². The molecule has 1 aliphatic carbocycles. The van der Waals surface area contributed by atoms with Crippen LogP contribution in [0.15, 0.2) is 24.3 Å². The Bertz CT molecular complexity index is 414. The molecule has 1 fully saturated rings. The van der Waals surface area contributed by atoms with E-state index in [1.54, 1.807) is 6.92 Å². The van der Waals surface area contributed by atoms with E-state index >= 15 is 0 Å². The predicted octanol–water partition coefficient (Wildman–Crippen LogP) is 1.97. The summed E-state index contributed by atoms with van der Waals surface area (Å²) >= 11 is 0. The van der Waals surface area contributed by atoms with E-state index in [9.17, 15) is 9.59 Å². The van der Waals surface area contributed by atoms with Crippen LogP contribution in [0.4, 0.5) is 0 Å². The molecule has 19 heavy (non-hydrogen) atoms. The zero-order chi connectivity index (χ0) is 13.7. The minimum Gasteiger partial charge on any atom is -0.466 e. The molecule has 0 radical (unpaired) electrons. The summed E-state index contributed by atoms with van der Waals surface area (Å²) < 4.78 is 5.07. The lowest BCUT2D eigenvalue weighted by molar-refractivity contribution is -0.147. The van der Waals surface area contributed by atoms with Gasteiger partial charge in [0.05, 0.1) is 13.0 Å². The highest BCUT2D eigenvalue weighted by atomic mass is 16.5. The van der Waals surface area contributed by atoms with Crippen molar-refractivity contribution in [1.82, 2.24) is 5.32 Å². The Hall–Kier alpha value is -1.58. The van der Waals surface area contributed by atoms with E-state index in [1.807, 2.05) is 24.3 Å². The summed E-state index contributed by atoms with van der Waals surface area (Å²) in [5.41, 5.74) is -0.411. The van der Waals surface area contributed by atoms with Gasteiger partial charge < -0.3 is 10.1 Å². The van der Waals surface area contributed by atoms with Crippen LogP contribution >= 0.6 is 0 Å². The Kier molecular flexibility index (Phi) is 4.40. The number of ether oxygens (including phenoxy) is 1. The molecule has 0 spiro atoms. The second-order valence-corrected chi connectivity index (χ2v) is 5.19. The molecule has 1 amide bonds. The number of nitrogens with one attached hydrogen (secondary N) is 1. The van der Waals surface area contributed by atoms with E-state index in [-0.39, 0.29) is 24.2 Å². The van der Waals surface area contributed by atoms with Gasteiger partial charge >= 0.3 is 5.97 Å². The first kappa shape index (κ1) is 13.8. The highest BCUT2D eigenvalue weighted by molar-refractivity contribution is 5.82. The number of carbonyl (C=O) groups excluding carboxylic acids is 2. The summed E-state index contributed by atoms with van der Waals surface area (Å²) in [4.78, 5) is 24.0.